The molecule has 0 radical (unpaired) electrons. The summed E-state index contributed by atoms with van der Waals surface area (Å²) in [4.78, 5) is 15.0. The largest absolute Gasteiger partial charge is 0.507 e. The van der Waals surface area contributed by atoms with Crippen LogP contribution in [0, 0.1) is 0 Å². The van der Waals surface area contributed by atoms with E-state index in [9.17, 15) is 9.90 Å². The van der Waals surface area contributed by atoms with Gasteiger partial charge in [-0.05, 0) is 35.1 Å². The molecule has 1 aromatic heterocycles. The number of phenols is 1. The van der Waals surface area contributed by atoms with Gasteiger partial charge >= 0.3 is 0 Å². The maximum Gasteiger partial charge on any atom is 0.273 e. The number of amides is 1. The molecule has 1 amide bonds. The first-order valence-electron chi connectivity index (χ1n) is 10.1. The normalized spacial score (nSPS) is 16.3. The van der Waals surface area contributed by atoms with E-state index in [1.165, 1.54) is 5.56 Å². The number of fused-ring (bicyclic) bond motifs is 1. The first-order chi connectivity index (χ1) is 13.8. The zero-order valence-electron chi connectivity index (χ0n) is 17.4. The van der Waals surface area contributed by atoms with Gasteiger partial charge in [0.05, 0.1) is 6.04 Å². The number of aromatic amines is 1. The number of aromatic nitrogens is 2. The van der Waals surface area contributed by atoms with E-state index in [2.05, 4.69) is 62.2 Å². The van der Waals surface area contributed by atoms with Crippen LogP contribution in [0.4, 0.5) is 0 Å². The number of hydrogen-bond acceptors (Lipinski definition) is 3. The van der Waals surface area contributed by atoms with Crippen LogP contribution in [0.3, 0.4) is 0 Å². The minimum Gasteiger partial charge on any atom is -0.507 e. The van der Waals surface area contributed by atoms with Crippen LogP contribution >= 0.6 is 0 Å². The standard InChI is InChI=1S/C24H27N3O2/c1-5-14-27-22(15-10-12-16(13-11-15)24(2,3)4)19-20(25-26-21(19)23(27)29)17-8-6-7-9-18(17)28/h6-13,22,28H,5,14H2,1-4H3,(H,25,26). The molecule has 5 nitrogen and oxygen atoms in total. The molecule has 1 atom stereocenters. The van der Waals surface area contributed by atoms with Crippen LogP contribution < -0.4 is 0 Å². The molecule has 2 N–H and O–H groups in total. The van der Waals surface area contributed by atoms with Gasteiger partial charge in [0.1, 0.15) is 17.1 Å². The summed E-state index contributed by atoms with van der Waals surface area (Å²) >= 11 is 0. The fraction of sp³-hybridized carbons (Fsp3) is 0.333. The topological polar surface area (TPSA) is 69.2 Å². The van der Waals surface area contributed by atoms with E-state index in [0.29, 0.717) is 23.5 Å². The Labute approximate surface area is 171 Å². The second-order valence-corrected chi connectivity index (χ2v) is 8.65. The van der Waals surface area contributed by atoms with Crippen molar-refractivity contribution in [3.8, 4) is 17.0 Å². The maximum atomic E-state index is 13.1. The molecule has 1 unspecified atom stereocenters. The highest BCUT2D eigenvalue weighted by Gasteiger charge is 2.42. The van der Waals surface area contributed by atoms with Crippen molar-refractivity contribution in [2.75, 3.05) is 6.54 Å². The average Bonchev–Trinajstić information content (AvgIpc) is 3.22. The zero-order chi connectivity index (χ0) is 20.8. The predicted octanol–water partition coefficient (Wildman–Crippen LogP) is 5.04. The Bertz CT molecular complexity index is 1040. The first-order valence-corrected chi connectivity index (χ1v) is 10.1. The summed E-state index contributed by atoms with van der Waals surface area (Å²) in [5.74, 6) is 0.117. The van der Waals surface area contributed by atoms with E-state index in [-0.39, 0.29) is 23.1 Å². The number of aromatic hydroxyl groups is 1. The van der Waals surface area contributed by atoms with Crippen molar-refractivity contribution in [3.05, 3.63) is 70.9 Å². The minimum atomic E-state index is -0.222. The van der Waals surface area contributed by atoms with Crippen molar-refractivity contribution in [2.45, 2.75) is 45.6 Å². The monoisotopic (exact) mass is 389 g/mol. The number of carbonyl (C=O) groups excluding carboxylic acids is 1. The summed E-state index contributed by atoms with van der Waals surface area (Å²) < 4.78 is 0. The second-order valence-electron chi connectivity index (χ2n) is 8.65. The Morgan fingerprint density at radius 2 is 1.79 bits per heavy atom. The Balaban J connectivity index is 1.86. The summed E-state index contributed by atoms with van der Waals surface area (Å²) in [5, 5.41) is 17.7. The fourth-order valence-corrected chi connectivity index (χ4v) is 4.06. The Morgan fingerprint density at radius 1 is 1.10 bits per heavy atom. The van der Waals surface area contributed by atoms with E-state index in [1.54, 1.807) is 12.1 Å². The van der Waals surface area contributed by atoms with Crippen LogP contribution in [0.15, 0.2) is 48.5 Å². The van der Waals surface area contributed by atoms with E-state index in [0.717, 1.165) is 17.5 Å². The molecule has 4 rings (SSSR count). The fourth-order valence-electron chi connectivity index (χ4n) is 4.06. The molecule has 29 heavy (non-hydrogen) atoms. The van der Waals surface area contributed by atoms with Crippen molar-refractivity contribution >= 4 is 5.91 Å². The van der Waals surface area contributed by atoms with E-state index < -0.39 is 0 Å². The SMILES string of the molecule is CCCN1C(=O)c2[nH]nc(-c3ccccc3O)c2C1c1ccc(C(C)(C)C)cc1. The zero-order valence-corrected chi connectivity index (χ0v) is 17.4. The van der Waals surface area contributed by atoms with Gasteiger partial charge in [-0.3, -0.25) is 9.89 Å². The molecule has 2 aromatic carbocycles. The van der Waals surface area contributed by atoms with Crippen LogP contribution in [-0.2, 0) is 5.41 Å². The van der Waals surface area contributed by atoms with Crippen molar-refractivity contribution in [1.82, 2.24) is 15.1 Å². The van der Waals surface area contributed by atoms with Crippen LogP contribution in [0.1, 0.15) is 67.3 Å². The predicted molar refractivity (Wildman–Crippen MR) is 114 cm³/mol. The van der Waals surface area contributed by atoms with Gasteiger partial charge in [-0.25, -0.2) is 0 Å². The molecule has 0 saturated carbocycles. The molecule has 0 aliphatic carbocycles. The highest BCUT2D eigenvalue weighted by atomic mass is 16.3. The Hall–Kier alpha value is -3.08. The number of nitrogens with one attached hydrogen (secondary N) is 1. The summed E-state index contributed by atoms with van der Waals surface area (Å²) in [6.45, 7) is 9.30. The number of para-hydroxylation sites is 1. The van der Waals surface area contributed by atoms with Crippen molar-refractivity contribution in [3.63, 3.8) is 0 Å². The van der Waals surface area contributed by atoms with Gasteiger partial charge in [0.25, 0.3) is 5.91 Å². The lowest BCUT2D eigenvalue weighted by molar-refractivity contribution is 0.0744. The summed E-state index contributed by atoms with van der Waals surface area (Å²) in [6, 6.07) is 15.4. The van der Waals surface area contributed by atoms with Crippen LogP contribution in [0.2, 0.25) is 0 Å². The van der Waals surface area contributed by atoms with Crippen molar-refractivity contribution < 1.29 is 9.90 Å². The first kappa shape index (κ1) is 19.2. The summed E-state index contributed by atoms with van der Waals surface area (Å²) in [5.41, 5.74) is 4.99. The molecule has 0 bridgehead atoms. The van der Waals surface area contributed by atoms with Crippen molar-refractivity contribution in [1.29, 1.82) is 0 Å². The van der Waals surface area contributed by atoms with E-state index in [4.69, 9.17) is 0 Å². The third kappa shape index (κ3) is 3.20. The number of hydrogen-bond donors (Lipinski definition) is 2. The van der Waals surface area contributed by atoms with Crippen LogP contribution in [0.25, 0.3) is 11.3 Å². The summed E-state index contributed by atoms with van der Waals surface area (Å²) in [6.07, 6.45) is 0.867. The van der Waals surface area contributed by atoms with Gasteiger partial charge in [-0.15, -0.1) is 0 Å². The lowest BCUT2D eigenvalue weighted by Crippen LogP contribution is -2.30. The lowest BCUT2D eigenvalue weighted by Gasteiger charge is -2.27. The molecule has 1 aliphatic heterocycles. The van der Waals surface area contributed by atoms with Gasteiger partial charge in [0.15, 0.2) is 0 Å². The third-order valence-electron chi connectivity index (χ3n) is 5.58. The Kier molecular flexibility index (Phi) is 4.69. The average molecular weight is 389 g/mol. The van der Waals surface area contributed by atoms with Gasteiger partial charge in [-0.1, -0.05) is 64.1 Å². The number of benzene rings is 2. The lowest BCUT2D eigenvalue weighted by atomic mass is 9.85. The molecule has 150 valence electrons. The quantitative estimate of drug-likeness (QED) is 0.657. The number of carbonyl (C=O) groups is 1. The molecule has 5 heteroatoms. The second kappa shape index (κ2) is 7.07. The molecular formula is C24H27N3O2. The van der Waals surface area contributed by atoms with Gasteiger partial charge in [-0.2, -0.15) is 5.10 Å². The van der Waals surface area contributed by atoms with Crippen molar-refractivity contribution in [2.24, 2.45) is 0 Å². The number of nitrogens with zero attached hydrogens (tertiary/aromatic N) is 2. The molecule has 1 aliphatic rings. The molecule has 2 heterocycles. The maximum absolute atomic E-state index is 13.1. The number of rotatable bonds is 4. The summed E-state index contributed by atoms with van der Waals surface area (Å²) in [7, 11) is 0. The third-order valence-corrected chi connectivity index (χ3v) is 5.58. The molecule has 3 aromatic rings. The highest BCUT2D eigenvalue weighted by molar-refractivity contribution is 6.00. The molecule has 0 spiro atoms. The number of phenolic OH excluding ortho intramolecular Hbond substituents is 1. The van der Waals surface area contributed by atoms with E-state index >= 15 is 0 Å². The highest BCUT2D eigenvalue weighted by Crippen LogP contribution is 2.44. The van der Waals surface area contributed by atoms with Crippen LogP contribution in [0.5, 0.6) is 5.75 Å². The molecule has 0 saturated heterocycles. The Morgan fingerprint density at radius 3 is 2.41 bits per heavy atom. The van der Waals surface area contributed by atoms with Gasteiger partial charge < -0.3 is 10.0 Å². The minimum absolute atomic E-state index is 0.0408. The van der Waals surface area contributed by atoms with Gasteiger partial charge in [0, 0.05) is 17.7 Å². The van der Waals surface area contributed by atoms with E-state index in [1.807, 2.05) is 17.0 Å². The van der Waals surface area contributed by atoms with Crippen LogP contribution in [-0.4, -0.2) is 32.7 Å². The van der Waals surface area contributed by atoms with Gasteiger partial charge in [0.2, 0.25) is 0 Å². The molecular weight excluding hydrogens is 362 g/mol. The number of H-pyrrole nitrogens is 1. The smallest absolute Gasteiger partial charge is 0.273 e. The molecule has 0 fully saturated rings.